The molecule has 0 aliphatic heterocycles. The smallest absolute Gasteiger partial charge is 0.253 e. The molecule has 0 unspecified atom stereocenters. The van der Waals surface area contributed by atoms with Crippen molar-refractivity contribution in [2.24, 2.45) is 0 Å². The molecule has 0 heterocycles. The highest BCUT2D eigenvalue weighted by Crippen LogP contribution is 2.30. The van der Waals surface area contributed by atoms with Gasteiger partial charge in [-0.3, -0.25) is 9.59 Å². The predicted molar refractivity (Wildman–Crippen MR) is 79.4 cm³/mol. The molecule has 1 aromatic rings. The summed E-state index contributed by atoms with van der Waals surface area (Å²) in [6, 6.07) is 2.87. The molecule has 0 atom stereocenters. The van der Waals surface area contributed by atoms with Gasteiger partial charge in [0.25, 0.3) is 5.91 Å². The van der Waals surface area contributed by atoms with Gasteiger partial charge < -0.3 is 15.7 Å². The van der Waals surface area contributed by atoms with Crippen molar-refractivity contribution in [3.05, 3.63) is 27.7 Å². The van der Waals surface area contributed by atoms with Crippen molar-refractivity contribution in [2.75, 3.05) is 18.5 Å². The zero-order valence-electron chi connectivity index (χ0n) is 11.0. The average Bonchev–Trinajstić information content (AvgIpc) is 2.39. The van der Waals surface area contributed by atoms with E-state index in [9.17, 15) is 9.59 Å². The number of rotatable bonds is 6. The van der Waals surface area contributed by atoms with Crippen molar-refractivity contribution >= 4 is 40.7 Å². The van der Waals surface area contributed by atoms with Crippen LogP contribution in [0.25, 0.3) is 0 Å². The van der Waals surface area contributed by atoms with Crippen LogP contribution in [0.5, 0.6) is 0 Å². The monoisotopic (exact) mass is 318 g/mol. The van der Waals surface area contributed by atoms with E-state index in [4.69, 9.17) is 28.3 Å². The van der Waals surface area contributed by atoms with Crippen molar-refractivity contribution < 1.29 is 14.7 Å². The molecule has 3 N–H and O–H groups in total. The van der Waals surface area contributed by atoms with E-state index in [1.165, 1.54) is 12.1 Å². The lowest BCUT2D eigenvalue weighted by molar-refractivity contribution is -0.116. The second kappa shape index (κ2) is 8.09. The van der Waals surface area contributed by atoms with E-state index in [0.717, 1.165) is 0 Å². The van der Waals surface area contributed by atoms with Gasteiger partial charge in [0.05, 0.1) is 22.9 Å². The molecule has 0 fully saturated rings. The van der Waals surface area contributed by atoms with E-state index < -0.39 is 5.91 Å². The van der Waals surface area contributed by atoms with Crippen LogP contribution in [-0.2, 0) is 4.79 Å². The van der Waals surface area contributed by atoms with Crippen LogP contribution in [0.4, 0.5) is 5.69 Å². The van der Waals surface area contributed by atoms with E-state index in [0.29, 0.717) is 12.8 Å². The van der Waals surface area contributed by atoms with Crippen LogP contribution >= 0.6 is 23.2 Å². The SMILES string of the molecule is CCCC(=O)Nc1c(Cl)cc(Cl)cc1C(=O)NCCO. The van der Waals surface area contributed by atoms with Crippen LogP contribution in [0.2, 0.25) is 10.0 Å². The Morgan fingerprint density at radius 1 is 1.30 bits per heavy atom. The van der Waals surface area contributed by atoms with Gasteiger partial charge in [-0.2, -0.15) is 0 Å². The van der Waals surface area contributed by atoms with Crippen LogP contribution < -0.4 is 10.6 Å². The first-order chi connectivity index (χ1) is 9.49. The first-order valence-corrected chi connectivity index (χ1v) is 6.93. The Morgan fingerprint density at radius 3 is 2.60 bits per heavy atom. The molecule has 0 saturated heterocycles. The first-order valence-electron chi connectivity index (χ1n) is 6.17. The van der Waals surface area contributed by atoms with Crippen molar-refractivity contribution in [3.8, 4) is 0 Å². The van der Waals surface area contributed by atoms with Gasteiger partial charge in [0.1, 0.15) is 0 Å². The fourth-order valence-electron chi connectivity index (χ4n) is 1.57. The summed E-state index contributed by atoms with van der Waals surface area (Å²) in [6.45, 7) is 1.79. The molecule has 0 spiro atoms. The fraction of sp³-hybridized carbons (Fsp3) is 0.385. The maximum absolute atomic E-state index is 12.0. The molecule has 20 heavy (non-hydrogen) atoms. The minimum absolute atomic E-state index is 0.102. The number of carbonyl (C=O) groups excluding carboxylic acids is 2. The predicted octanol–water partition coefficient (Wildman–Crippen LogP) is 2.45. The maximum Gasteiger partial charge on any atom is 0.253 e. The van der Waals surface area contributed by atoms with Gasteiger partial charge in [-0.15, -0.1) is 0 Å². The Kier molecular flexibility index (Phi) is 6.78. The Labute approximate surface area is 127 Å². The van der Waals surface area contributed by atoms with Crippen molar-refractivity contribution in [3.63, 3.8) is 0 Å². The summed E-state index contributed by atoms with van der Waals surface area (Å²) in [5.74, 6) is -0.692. The number of halogens is 2. The second-order valence-electron chi connectivity index (χ2n) is 4.09. The zero-order valence-corrected chi connectivity index (χ0v) is 12.5. The third-order valence-electron chi connectivity index (χ3n) is 2.44. The number of hydrogen-bond acceptors (Lipinski definition) is 3. The van der Waals surface area contributed by atoms with Crippen molar-refractivity contribution in [2.45, 2.75) is 19.8 Å². The van der Waals surface area contributed by atoms with Crippen LogP contribution in [0.3, 0.4) is 0 Å². The fourth-order valence-corrected chi connectivity index (χ4v) is 2.11. The molecule has 110 valence electrons. The number of benzene rings is 1. The third-order valence-corrected chi connectivity index (χ3v) is 2.95. The Hall–Kier alpha value is -1.30. The molecule has 1 rings (SSSR count). The largest absolute Gasteiger partial charge is 0.395 e. The molecular weight excluding hydrogens is 303 g/mol. The van der Waals surface area contributed by atoms with Gasteiger partial charge in [-0.1, -0.05) is 30.1 Å². The second-order valence-corrected chi connectivity index (χ2v) is 4.93. The molecule has 0 bridgehead atoms. The summed E-state index contributed by atoms with van der Waals surface area (Å²) >= 11 is 11.9. The molecule has 0 radical (unpaired) electrons. The van der Waals surface area contributed by atoms with Crippen LogP contribution in [0.1, 0.15) is 30.1 Å². The molecule has 5 nitrogen and oxygen atoms in total. The van der Waals surface area contributed by atoms with Gasteiger partial charge in [0.15, 0.2) is 0 Å². The number of aliphatic hydroxyl groups is 1. The number of aliphatic hydroxyl groups excluding tert-OH is 1. The van der Waals surface area contributed by atoms with E-state index in [1.54, 1.807) is 0 Å². The number of amides is 2. The summed E-state index contributed by atoms with van der Waals surface area (Å²) in [6.07, 6.45) is 1.01. The van der Waals surface area contributed by atoms with Gasteiger partial charge in [-0.05, 0) is 18.6 Å². The lowest BCUT2D eigenvalue weighted by atomic mass is 10.1. The van der Waals surface area contributed by atoms with Gasteiger partial charge >= 0.3 is 0 Å². The summed E-state index contributed by atoms with van der Waals surface area (Å²) in [4.78, 5) is 23.6. The van der Waals surface area contributed by atoms with Gasteiger partial charge in [-0.25, -0.2) is 0 Å². The minimum atomic E-state index is -0.463. The summed E-state index contributed by atoms with van der Waals surface area (Å²) in [5, 5.41) is 14.3. The summed E-state index contributed by atoms with van der Waals surface area (Å²) < 4.78 is 0. The topological polar surface area (TPSA) is 78.4 Å². The lowest BCUT2D eigenvalue weighted by Crippen LogP contribution is -2.28. The highest BCUT2D eigenvalue weighted by Gasteiger charge is 2.17. The number of carbonyl (C=O) groups is 2. The highest BCUT2D eigenvalue weighted by atomic mass is 35.5. The molecular formula is C13H16Cl2N2O3. The molecule has 0 aliphatic carbocycles. The summed E-state index contributed by atoms with van der Waals surface area (Å²) in [7, 11) is 0. The van der Waals surface area contributed by atoms with Crippen LogP contribution in [0, 0.1) is 0 Å². The van der Waals surface area contributed by atoms with E-state index >= 15 is 0 Å². The number of anilines is 1. The molecule has 0 saturated carbocycles. The quantitative estimate of drug-likeness (QED) is 0.753. The van der Waals surface area contributed by atoms with E-state index in [-0.39, 0.29) is 40.4 Å². The molecule has 1 aromatic carbocycles. The summed E-state index contributed by atoms with van der Waals surface area (Å²) in [5.41, 5.74) is 0.394. The van der Waals surface area contributed by atoms with Crippen molar-refractivity contribution in [1.82, 2.24) is 5.32 Å². The maximum atomic E-state index is 12.0. The molecule has 0 aliphatic rings. The molecule has 0 aromatic heterocycles. The first kappa shape index (κ1) is 16.8. The minimum Gasteiger partial charge on any atom is -0.395 e. The third kappa shape index (κ3) is 4.67. The average molecular weight is 319 g/mol. The van der Waals surface area contributed by atoms with Gasteiger partial charge in [0, 0.05) is 18.0 Å². The lowest BCUT2D eigenvalue weighted by Gasteiger charge is -2.13. The normalized spacial score (nSPS) is 10.2. The number of nitrogens with one attached hydrogen (secondary N) is 2. The highest BCUT2D eigenvalue weighted by molar-refractivity contribution is 6.38. The zero-order chi connectivity index (χ0) is 15.1. The molecule has 2 amide bonds. The Morgan fingerprint density at radius 2 is 2.00 bits per heavy atom. The standard InChI is InChI=1S/C13H16Cl2N2O3/c1-2-3-11(19)17-12-9(13(20)16-4-5-18)6-8(14)7-10(12)15/h6-7,18H,2-5H2,1H3,(H,16,20)(H,17,19). The van der Waals surface area contributed by atoms with Crippen molar-refractivity contribution in [1.29, 1.82) is 0 Å². The Balaban J connectivity index is 3.07. The molecule has 7 heteroatoms. The van der Waals surface area contributed by atoms with Gasteiger partial charge in [0.2, 0.25) is 5.91 Å². The van der Waals surface area contributed by atoms with E-state index in [1.807, 2.05) is 6.92 Å². The van der Waals surface area contributed by atoms with Crippen LogP contribution in [-0.4, -0.2) is 30.1 Å². The van der Waals surface area contributed by atoms with E-state index in [2.05, 4.69) is 10.6 Å². The van der Waals surface area contributed by atoms with Crippen LogP contribution in [0.15, 0.2) is 12.1 Å². The Bertz CT molecular complexity index is 507. The number of hydrogen-bond donors (Lipinski definition) is 3.